The first kappa shape index (κ1) is 15.4. The molecule has 0 aliphatic heterocycles. The molecule has 0 bridgehead atoms. The molecular formula is C15H17ClFNOS. The van der Waals surface area contributed by atoms with Gasteiger partial charge >= 0.3 is 0 Å². The van der Waals surface area contributed by atoms with Crippen molar-refractivity contribution in [2.45, 2.75) is 26.3 Å². The van der Waals surface area contributed by atoms with E-state index in [1.54, 1.807) is 6.07 Å². The minimum Gasteiger partial charge on any atom is -0.376 e. The number of nitrogens with zero attached hydrogens (tertiary/aromatic N) is 1. The predicted octanol–water partition coefficient (Wildman–Crippen LogP) is 4.86. The smallest absolute Gasteiger partial charge is 0.129 e. The molecule has 0 fully saturated rings. The van der Waals surface area contributed by atoms with Crippen molar-refractivity contribution in [1.29, 1.82) is 0 Å². The molecule has 0 radical (unpaired) electrons. The maximum Gasteiger partial charge on any atom is 0.129 e. The fourth-order valence-electron chi connectivity index (χ4n) is 1.70. The van der Waals surface area contributed by atoms with E-state index < -0.39 is 0 Å². The van der Waals surface area contributed by atoms with Gasteiger partial charge in [0.25, 0.3) is 0 Å². The van der Waals surface area contributed by atoms with Crippen molar-refractivity contribution in [3.8, 4) is 10.6 Å². The summed E-state index contributed by atoms with van der Waals surface area (Å²) in [7, 11) is 0. The molecule has 0 spiro atoms. The average Bonchev–Trinajstić information content (AvgIpc) is 2.89. The lowest BCUT2D eigenvalue weighted by Gasteiger charge is -2.08. The molecule has 1 heterocycles. The quantitative estimate of drug-likeness (QED) is 0.710. The summed E-state index contributed by atoms with van der Waals surface area (Å²) in [4.78, 5) is 4.34. The summed E-state index contributed by atoms with van der Waals surface area (Å²) >= 11 is 7.19. The van der Waals surface area contributed by atoms with Gasteiger partial charge in [0.2, 0.25) is 0 Å². The van der Waals surface area contributed by atoms with E-state index in [1.807, 2.05) is 11.4 Å². The summed E-state index contributed by atoms with van der Waals surface area (Å²) in [6.45, 7) is 5.06. The molecule has 0 unspecified atom stereocenters. The Morgan fingerprint density at radius 3 is 2.80 bits per heavy atom. The highest BCUT2D eigenvalue weighted by molar-refractivity contribution is 7.13. The summed E-state index contributed by atoms with van der Waals surface area (Å²) < 4.78 is 19.5. The first-order valence-electron chi connectivity index (χ1n) is 6.47. The zero-order valence-corrected chi connectivity index (χ0v) is 13.1. The maximum absolute atomic E-state index is 14.0. The summed E-state index contributed by atoms with van der Waals surface area (Å²) in [6.07, 6.45) is 0. The van der Waals surface area contributed by atoms with E-state index in [9.17, 15) is 4.39 Å². The first-order valence-corrected chi connectivity index (χ1v) is 7.88. The lowest BCUT2D eigenvalue weighted by molar-refractivity contribution is 0.0950. The second-order valence-corrected chi connectivity index (χ2v) is 6.12. The SMILES string of the molecule is CC(C)COCc1ccc(-c2nc(CCl)cs2)cc1F. The Kier molecular flexibility index (Phi) is 5.52. The van der Waals surface area contributed by atoms with Crippen LogP contribution in [0.25, 0.3) is 10.6 Å². The van der Waals surface area contributed by atoms with Gasteiger partial charge < -0.3 is 4.74 Å². The largest absolute Gasteiger partial charge is 0.376 e. The normalized spacial score (nSPS) is 11.2. The number of benzene rings is 1. The lowest BCUT2D eigenvalue weighted by atomic mass is 10.1. The van der Waals surface area contributed by atoms with Crippen LogP contribution >= 0.6 is 22.9 Å². The van der Waals surface area contributed by atoms with Crippen molar-refractivity contribution < 1.29 is 9.13 Å². The number of ether oxygens (including phenoxy) is 1. The van der Waals surface area contributed by atoms with Gasteiger partial charge in [-0.25, -0.2) is 9.37 Å². The lowest BCUT2D eigenvalue weighted by Crippen LogP contribution is -2.03. The summed E-state index contributed by atoms with van der Waals surface area (Å²) in [6, 6.07) is 5.13. The zero-order chi connectivity index (χ0) is 14.5. The number of hydrogen-bond acceptors (Lipinski definition) is 3. The third kappa shape index (κ3) is 4.01. The van der Waals surface area contributed by atoms with Gasteiger partial charge in [0.05, 0.1) is 18.2 Å². The van der Waals surface area contributed by atoms with Gasteiger partial charge in [0.1, 0.15) is 10.8 Å². The minimum atomic E-state index is -0.256. The molecule has 0 saturated carbocycles. The monoisotopic (exact) mass is 313 g/mol. The van der Waals surface area contributed by atoms with Crippen LogP contribution in [0.3, 0.4) is 0 Å². The Morgan fingerprint density at radius 1 is 1.40 bits per heavy atom. The predicted molar refractivity (Wildman–Crippen MR) is 81.6 cm³/mol. The molecule has 0 aliphatic rings. The summed E-state index contributed by atoms with van der Waals surface area (Å²) in [5, 5.41) is 2.68. The molecule has 0 aliphatic carbocycles. The Balaban J connectivity index is 2.09. The van der Waals surface area contributed by atoms with Crippen LogP contribution in [0.1, 0.15) is 25.1 Å². The van der Waals surface area contributed by atoms with Crippen LogP contribution in [0.15, 0.2) is 23.6 Å². The summed E-state index contributed by atoms with van der Waals surface area (Å²) in [5.74, 6) is 0.565. The van der Waals surface area contributed by atoms with Crippen LogP contribution < -0.4 is 0 Å². The van der Waals surface area contributed by atoms with Crippen molar-refractivity contribution in [2.24, 2.45) is 5.92 Å². The molecule has 0 N–H and O–H groups in total. The van der Waals surface area contributed by atoms with E-state index in [2.05, 4.69) is 18.8 Å². The molecule has 2 nitrogen and oxygen atoms in total. The third-order valence-electron chi connectivity index (χ3n) is 2.70. The van der Waals surface area contributed by atoms with E-state index in [1.165, 1.54) is 17.4 Å². The van der Waals surface area contributed by atoms with Crippen molar-refractivity contribution in [3.63, 3.8) is 0 Å². The molecule has 2 aromatic rings. The Labute approximate surface area is 127 Å². The van der Waals surface area contributed by atoms with Gasteiger partial charge in [-0.3, -0.25) is 0 Å². The highest BCUT2D eigenvalue weighted by atomic mass is 35.5. The summed E-state index contributed by atoms with van der Waals surface area (Å²) in [5.41, 5.74) is 2.16. The number of hydrogen-bond donors (Lipinski definition) is 0. The average molecular weight is 314 g/mol. The highest BCUT2D eigenvalue weighted by Gasteiger charge is 2.09. The Hall–Kier alpha value is -0.970. The number of alkyl halides is 1. The van der Waals surface area contributed by atoms with E-state index in [0.29, 0.717) is 30.6 Å². The molecule has 20 heavy (non-hydrogen) atoms. The fraction of sp³-hybridized carbons (Fsp3) is 0.400. The van der Waals surface area contributed by atoms with Crippen molar-refractivity contribution in [2.75, 3.05) is 6.61 Å². The highest BCUT2D eigenvalue weighted by Crippen LogP contribution is 2.26. The van der Waals surface area contributed by atoms with Crippen molar-refractivity contribution >= 4 is 22.9 Å². The van der Waals surface area contributed by atoms with Crippen molar-refractivity contribution in [1.82, 2.24) is 4.98 Å². The first-order chi connectivity index (χ1) is 9.60. The van der Waals surface area contributed by atoms with E-state index >= 15 is 0 Å². The van der Waals surface area contributed by atoms with Crippen LogP contribution in [0, 0.1) is 11.7 Å². The number of halogens is 2. The van der Waals surface area contributed by atoms with E-state index in [4.69, 9.17) is 16.3 Å². The van der Waals surface area contributed by atoms with Gasteiger partial charge in [0, 0.05) is 23.1 Å². The van der Waals surface area contributed by atoms with Gasteiger partial charge in [-0.1, -0.05) is 26.0 Å². The Morgan fingerprint density at radius 2 is 2.20 bits per heavy atom. The van der Waals surface area contributed by atoms with Crippen LogP contribution in [0.2, 0.25) is 0 Å². The minimum absolute atomic E-state index is 0.256. The van der Waals surface area contributed by atoms with Crippen LogP contribution in [-0.2, 0) is 17.2 Å². The molecule has 108 valence electrons. The molecule has 0 atom stereocenters. The van der Waals surface area contributed by atoms with Crippen molar-refractivity contribution in [3.05, 3.63) is 40.7 Å². The molecular weight excluding hydrogens is 297 g/mol. The molecule has 1 aromatic carbocycles. The van der Waals surface area contributed by atoms with E-state index in [-0.39, 0.29) is 5.82 Å². The van der Waals surface area contributed by atoms with Gasteiger partial charge in [-0.15, -0.1) is 22.9 Å². The zero-order valence-electron chi connectivity index (χ0n) is 11.5. The third-order valence-corrected chi connectivity index (χ3v) is 3.91. The van der Waals surface area contributed by atoms with Gasteiger partial charge in [-0.2, -0.15) is 0 Å². The second kappa shape index (κ2) is 7.16. The van der Waals surface area contributed by atoms with Gasteiger partial charge in [0.15, 0.2) is 0 Å². The number of thiazole rings is 1. The van der Waals surface area contributed by atoms with Crippen LogP contribution in [-0.4, -0.2) is 11.6 Å². The molecule has 2 rings (SSSR count). The standard InChI is InChI=1S/C15H17ClFNOS/c1-10(2)7-19-8-12-4-3-11(5-14(12)17)15-18-13(6-16)9-20-15/h3-5,9-10H,6-8H2,1-2H3. The number of aromatic nitrogens is 1. The number of rotatable bonds is 6. The maximum atomic E-state index is 14.0. The van der Waals surface area contributed by atoms with Gasteiger partial charge in [-0.05, 0) is 12.0 Å². The van der Waals surface area contributed by atoms with E-state index in [0.717, 1.165) is 16.3 Å². The fourth-order valence-corrected chi connectivity index (χ4v) is 2.75. The molecule has 1 aromatic heterocycles. The molecule has 0 amide bonds. The molecule has 5 heteroatoms. The topological polar surface area (TPSA) is 22.1 Å². The van der Waals surface area contributed by atoms with Crippen LogP contribution in [0.4, 0.5) is 4.39 Å². The molecule has 0 saturated heterocycles. The second-order valence-electron chi connectivity index (χ2n) is 4.99. The van der Waals surface area contributed by atoms with Crippen LogP contribution in [0.5, 0.6) is 0 Å². The Bertz CT molecular complexity index is 571.